The number of nitrogens with two attached hydrogens (primary N) is 1. The molecule has 2 atom stereocenters. The summed E-state index contributed by atoms with van der Waals surface area (Å²) in [5.41, 5.74) is 4.26. The van der Waals surface area contributed by atoms with Crippen LogP contribution in [0, 0.1) is 0 Å². The minimum atomic E-state index is -4.79. The topological polar surface area (TPSA) is 116 Å². The van der Waals surface area contributed by atoms with Crippen molar-refractivity contribution < 1.29 is 31.5 Å². The predicted molar refractivity (Wildman–Crippen MR) is 148 cm³/mol. The highest BCUT2D eigenvalue weighted by atomic mass is 35.5. The number of benzene rings is 2. The van der Waals surface area contributed by atoms with Crippen molar-refractivity contribution in [3.05, 3.63) is 62.6 Å². The average Bonchev–Trinajstić information content (AvgIpc) is 2.91. The molecule has 40 heavy (non-hydrogen) atoms. The fourth-order valence-corrected chi connectivity index (χ4v) is 6.34. The average molecular weight is 626 g/mol. The lowest BCUT2D eigenvalue weighted by atomic mass is 9.99. The third-order valence-corrected chi connectivity index (χ3v) is 9.46. The van der Waals surface area contributed by atoms with Gasteiger partial charge in [0.15, 0.2) is 9.84 Å². The molecule has 2 aromatic carbocycles. The van der Waals surface area contributed by atoms with Crippen LogP contribution in [0.5, 0.6) is 0 Å². The molecule has 0 aromatic heterocycles. The first-order chi connectivity index (χ1) is 18.7. The van der Waals surface area contributed by atoms with E-state index in [4.69, 9.17) is 28.9 Å². The molecule has 1 heterocycles. The zero-order valence-corrected chi connectivity index (χ0v) is 24.5. The standard InChI is InChI=1S/C26H33Cl2F3N4O4S/c1-3-40(38,39)23-7-6-18(27)9-17(23)13-33-25(37)16-10-21(26(29,30)31)20(22(28)11-16)15-35-8-4-5-19(14-35)34(2)24(36)12-32/h6-7,9-11,19,24,36H,3-5,8,12-15,32H2,1-2H3,(H,33,37)/t19-,24?/m0/s1. The van der Waals surface area contributed by atoms with E-state index in [1.165, 1.54) is 31.2 Å². The number of likely N-dealkylation sites (N-methyl/N-ethyl adjacent to an activating group) is 1. The van der Waals surface area contributed by atoms with Crippen LogP contribution in [-0.2, 0) is 29.1 Å². The molecule has 14 heteroatoms. The van der Waals surface area contributed by atoms with Crippen molar-refractivity contribution in [2.24, 2.45) is 5.73 Å². The van der Waals surface area contributed by atoms with Crippen LogP contribution < -0.4 is 11.1 Å². The van der Waals surface area contributed by atoms with Gasteiger partial charge in [0, 0.05) is 47.8 Å². The van der Waals surface area contributed by atoms with E-state index >= 15 is 0 Å². The number of alkyl halides is 3. The van der Waals surface area contributed by atoms with E-state index < -0.39 is 33.7 Å². The van der Waals surface area contributed by atoms with Crippen LogP contribution in [0.15, 0.2) is 35.2 Å². The normalized spacial score (nSPS) is 17.7. The van der Waals surface area contributed by atoms with Crippen molar-refractivity contribution >= 4 is 38.9 Å². The largest absolute Gasteiger partial charge is 0.416 e. The van der Waals surface area contributed by atoms with Crippen molar-refractivity contribution in [2.75, 3.05) is 32.4 Å². The van der Waals surface area contributed by atoms with Gasteiger partial charge >= 0.3 is 6.18 Å². The Morgan fingerprint density at radius 3 is 2.60 bits per heavy atom. The summed E-state index contributed by atoms with van der Waals surface area (Å²) in [5.74, 6) is -1.03. The van der Waals surface area contributed by atoms with Gasteiger partial charge in [-0.2, -0.15) is 13.2 Å². The van der Waals surface area contributed by atoms with Crippen LogP contribution in [0.1, 0.15) is 46.8 Å². The molecule has 0 bridgehead atoms. The van der Waals surface area contributed by atoms with Gasteiger partial charge in [-0.05, 0) is 67.9 Å². The number of halogens is 5. The monoisotopic (exact) mass is 624 g/mol. The van der Waals surface area contributed by atoms with E-state index in [0.29, 0.717) is 19.5 Å². The molecule has 2 aromatic rings. The number of carbonyl (C=O) groups excluding carboxylic acids is 1. The summed E-state index contributed by atoms with van der Waals surface area (Å²) in [4.78, 5) is 16.4. The second kappa shape index (κ2) is 13.4. The summed E-state index contributed by atoms with van der Waals surface area (Å²) < 4.78 is 67.3. The molecule has 0 spiro atoms. The first-order valence-corrected chi connectivity index (χ1v) is 15.1. The van der Waals surface area contributed by atoms with Crippen LogP contribution >= 0.6 is 23.2 Å². The van der Waals surface area contributed by atoms with Crippen LogP contribution in [-0.4, -0.2) is 73.9 Å². The Balaban J connectivity index is 1.84. The lowest BCUT2D eigenvalue weighted by molar-refractivity contribution is -0.138. The van der Waals surface area contributed by atoms with Crippen molar-refractivity contribution in [3.8, 4) is 0 Å². The molecule has 1 fully saturated rings. The van der Waals surface area contributed by atoms with E-state index in [2.05, 4.69) is 5.32 Å². The summed E-state index contributed by atoms with van der Waals surface area (Å²) in [6, 6.07) is 5.96. The molecule has 1 saturated heterocycles. The summed E-state index contributed by atoms with van der Waals surface area (Å²) in [6.07, 6.45) is -4.17. The van der Waals surface area contributed by atoms with Gasteiger partial charge in [0.2, 0.25) is 0 Å². The van der Waals surface area contributed by atoms with Gasteiger partial charge in [0.05, 0.1) is 16.2 Å². The number of sulfone groups is 1. The van der Waals surface area contributed by atoms with E-state index in [9.17, 15) is 31.5 Å². The molecule has 4 N–H and O–H groups in total. The van der Waals surface area contributed by atoms with Gasteiger partial charge in [-0.15, -0.1) is 0 Å². The van der Waals surface area contributed by atoms with Gasteiger partial charge in [0.1, 0.15) is 6.23 Å². The highest BCUT2D eigenvalue weighted by molar-refractivity contribution is 7.91. The Kier molecular flexibility index (Phi) is 10.9. The highest BCUT2D eigenvalue weighted by Crippen LogP contribution is 2.37. The van der Waals surface area contributed by atoms with Gasteiger partial charge in [-0.1, -0.05) is 30.1 Å². The number of hydrogen-bond acceptors (Lipinski definition) is 7. The van der Waals surface area contributed by atoms with Crippen LogP contribution in [0.4, 0.5) is 13.2 Å². The van der Waals surface area contributed by atoms with E-state index in [1.54, 1.807) is 11.9 Å². The number of nitrogens with zero attached hydrogens (tertiary/aromatic N) is 2. The molecule has 222 valence electrons. The number of rotatable bonds is 10. The maximum atomic E-state index is 14.2. The summed E-state index contributed by atoms with van der Waals surface area (Å²) in [6.45, 7) is 2.09. The first kappa shape index (κ1) is 32.6. The number of amides is 1. The van der Waals surface area contributed by atoms with Crippen LogP contribution in [0.3, 0.4) is 0 Å². The molecule has 1 aliphatic rings. The smallest absolute Gasteiger partial charge is 0.377 e. The Hall–Kier alpha value is -1.93. The maximum Gasteiger partial charge on any atom is 0.416 e. The van der Waals surface area contributed by atoms with Crippen molar-refractivity contribution in [1.82, 2.24) is 15.1 Å². The summed E-state index contributed by atoms with van der Waals surface area (Å²) >= 11 is 12.4. The van der Waals surface area contributed by atoms with E-state index in [-0.39, 0.29) is 63.1 Å². The Labute approximate surface area is 242 Å². The SMILES string of the molecule is CCS(=O)(=O)c1ccc(Cl)cc1CNC(=O)c1cc(Cl)c(CN2CCC[C@H](N(C)C(O)CN)C2)c(C(F)(F)F)c1. The number of hydrogen-bond donors (Lipinski definition) is 3. The number of carbonyl (C=O) groups is 1. The van der Waals surface area contributed by atoms with Crippen molar-refractivity contribution in [3.63, 3.8) is 0 Å². The van der Waals surface area contributed by atoms with Crippen molar-refractivity contribution in [1.29, 1.82) is 0 Å². The maximum absolute atomic E-state index is 14.2. The second-order valence-corrected chi connectivity index (χ2v) is 12.8. The Morgan fingerprint density at radius 2 is 1.98 bits per heavy atom. The van der Waals surface area contributed by atoms with E-state index in [0.717, 1.165) is 12.5 Å². The van der Waals surface area contributed by atoms with Gasteiger partial charge in [-0.25, -0.2) is 8.42 Å². The molecule has 0 radical (unpaired) electrons. The minimum Gasteiger partial charge on any atom is -0.377 e. The second-order valence-electron chi connectivity index (χ2n) is 9.73. The Bertz CT molecular complexity index is 1330. The molecular weight excluding hydrogens is 592 g/mol. The molecule has 1 amide bonds. The third kappa shape index (κ3) is 7.87. The van der Waals surface area contributed by atoms with Gasteiger partial charge in [-0.3, -0.25) is 14.6 Å². The molecule has 1 unspecified atom stereocenters. The predicted octanol–water partition coefficient (Wildman–Crippen LogP) is 3.91. The summed E-state index contributed by atoms with van der Waals surface area (Å²) in [5, 5.41) is 12.6. The number of aliphatic hydroxyl groups excluding tert-OH is 1. The Morgan fingerprint density at radius 1 is 1.27 bits per heavy atom. The first-order valence-electron chi connectivity index (χ1n) is 12.7. The molecule has 3 rings (SSSR count). The lowest BCUT2D eigenvalue weighted by Gasteiger charge is -2.39. The molecule has 0 aliphatic carbocycles. The minimum absolute atomic E-state index is 0.0199. The van der Waals surface area contributed by atoms with Crippen molar-refractivity contribution in [2.45, 2.75) is 56.2 Å². The van der Waals surface area contributed by atoms with Gasteiger partial charge in [0.25, 0.3) is 5.91 Å². The molecule has 0 saturated carbocycles. The quantitative estimate of drug-likeness (QED) is 0.343. The summed E-state index contributed by atoms with van der Waals surface area (Å²) in [7, 11) is -1.91. The van der Waals surface area contributed by atoms with E-state index in [1.807, 2.05) is 4.90 Å². The zero-order chi connectivity index (χ0) is 29.8. The molecule has 8 nitrogen and oxygen atoms in total. The molecular formula is C26H33Cl2F3N4O4S. The third-order valence-electron chi connectivity index (χ3n) is 7.06. The fraction of sp³-hybridized carbons (Fsp3) is 0.500. The lowest BCUT2D eigenvalue weighted by Crippen LogP contribution is -2.51. The van der Waals surface area contributed by atoms with Crippen LogP contribution in [0.2, 0.25) is 10.0 Å². The molecule has 1 aliphatic heterocycles. The number of nitrogens with one attached hydrogen (secondary N) is 1. The highest BCUT2D eigenvalue weighted by Gasteiger charge is 2.37. The number of likely N-dealkylation sites (tertiary alicyclic amines) is 1. The zero-order valence-electron chi connectivity index (χ0n) is 22.1. The number of piperidine rings is 1. The van der Waals surface area contributed by atoms with Crippen LogP contribution in [0.25, 0.3) is 0 Å². The fourth-order valence-electron chi connectivity index (χ4n) is 4.74. The van der Waals surface area contributed by atoms with Gasteiger partial charge < -0.3 is 16.2 Å². The number of aliphatic hydroxyl groups is 1.